The van der Waals surface area contributed by atoms with Gasteiger partial charge in [-0.1, -0.05) is 48.3 Å². The van der Waals surface area contributed by atoms with Gasteiger partial charge in [-0.25, -0.2) is 0 Å². The number of halogens is 2. The molecule has 0 aliphatic carbocycles. The van der Waals surface area contributed by atoms with Crippen molar-refractivity contribution in [2.45, 2.75) is 27.2 Å². The number of benzene rings is 2. The van der Waals surface area contributed by atoms with Crippen LogP contribution in [0.1, 0.15) is 37.7 Å². The first kappa shape index (κ1) is 18.9. The summed E-state index contributed by atoms with van der Waals surface area (Å²) < 4.78 is 6.01. The molecule has 2 nitrogen and oxygen atoms in total. The highest BCUT2D eigenvalue weighted by atomic mass is 35.5. The third-order valence-corrected chi connectivity index (χ3v) is 5.39. The van der Waals surface area contributed by atoms with Crippen LogP contribution in [0.3, 0.4) is 0 Å². The van der Waals surface area contributed by atoms with Crippen LogP contribution in [0.2, 0.25) is 10.0 Å². The predicted molar refractivity (Wildman–Crippen MR) is 115 cm³/mol. The Hall–Kier alpha value is -1.90. The summed E-state index contributed by atoms with van der Waals surface area (Å²) in [6.07, 6.45) is 4.96. The minimum Gasteiger partial charge on any atom is -0.456 e. The van der Waals surface area contributed by atoms with E-state index >= 15 is 0 Å². The maximum Gasteiger partial charge on any atom is 0.136 e. The summed E-state index contributed by atoms with van der Waals surface area (Å²) >= 11 is 12.3. The molecule has 26 heavy (non-hydrogen) atoms. The van der Waals surface area contributed by atoms with E-state index in [1.165, 1.54) is 5.69 Å². The third kappa shape index (κ3) is 3.77. The van der Waals surface area contributed by atoms with Crippen molar-refractivity contribution in [3.05, 3.63) is 63.3 Å². The van der Waals surface area contributed by atoms with Crippen molar-refractivity contribution in [3.63, 3.8) is 0 Å². The van der Waals surface area contributed by atoms with E-state index in [1.54, 1.807) is 6.07 Å². The maximum absolute atomic E-state index is 6.17. The number of hydrogen-bond donors (Lipinski definition) is 0. The Labute approximate surface area is 165 Å². The van der Waals surface area contributed by atoms with E-state index in [9.17, 15) is 0 Å². The van der Waals surface area contributed by atoms with Crippen molar-refractivity contribution >= 4 is 52.0 Å². The van der Waals surface area contributed by atoms with E-state index in [0.717, 1.165) is 47.4 Å². The van der Waals surface area contributed by atoms with Gasteiger partial charge in [-0.3, -0.25) is 0 Å². The first-order valence-corrected chi connectivity index (χ1v) is 9.76. The smallest absolute Gasteiger partial charge is 0.136 e. The molecule has 0 saturated heterocycles. The van der Waals surface area contributed by atoms with Crippen LogP contribution in [0, 0.1) is 0 Å². The third-order valence-electron chi connectivity index (χ3n) is 4.67. The summed E-state index contributed by atoms with van der Waals surface area (Å²) in [6, 6.07) is 12.3. The largest absolute Gasteiger partial charge is 0.456 e. The number of aryl methyl sites for hydroxylation is 1. The molecule has 0 aliphatic rings. The van der Waals surface area contributed by atoms with Gasteiger partial charge >= 0.3 is 0 Å². The highest BCUT2D eigenvalue weighted by Gasteiger charge is 2.13. The molecule has 0 radical (unpaired) electrons. The molecule has 0 saturated carbocycles. The summed E-state index contributed by atoms with van der Waals surface area (Å²) in [5, 5.41) is 2.09. The molecule has 3 aromatic rings. The van der Waals surface area contributed by atoms with Crippen molar-refractivity contribution in [3.8, 4) is 0 Å². The Morgan fingerprint density at radius 2 is 1.58 bits per heavy atom. The first-order valence-electron chi connectivity index (χ1n) is 9.00. The van der Waals surface area contributed by atoms with Crippen molar-refractivity contribution in [1.82, 2.24) is 0 Å². The average molecular weight is 388 g/mol. The molecule has 0 unspecified atom stereocenters. The van der Waals surface area contributed by atoms with Crippen LogP contribution in [0.25, 0.3) is 23.1 Å². The molecule has 1 aromatic heterocycles. The lowest BCUT2D eigenvalue weighted by atomic mass is 10.1. The fourth-order valence-electron chi connectivity index (χ4n) is 3.22. The van der Waals surface area contributed by atoms with Gasteiger partial charge < -0.3 is 9.32 Å². The van der Waals surface area contributed by atoms with Crippen LogP contribution in [-0.4, -0.2) is 13.1 Å². The molecule has 136 valence electrons. The molecule has 0 spiro atoms. The maximum atomic E-state index is 6.17. The van der Waals surface area contributed by atoms with Gasteiger partial charge in [0.15, 0.2) is 0 Å². The van der Waals surface area contributed by atoms with Crippen molar-refractivity contribution in [1.29, 1.82) is 0 Å². The number of hydrogen-bond acceptors (Lipinski definition) is 2. The van der Waals surface area contributed by atoms with E-state index < -0.39 is 0 Å². The Morgan fingerprint density at radius 1 is 0.923 bits per heavy atom. The number of rotatable bonds is 6. The van der Waals surface area contributed by atoms with Gasteiger partial charge in [-0.05, 0) is 50.1 Å². The van der Waals surface area contributed by atoms with Crippen LogP contribution in [0.15, 0.2) is 40.8 Å². The standard InChI is InChI=1S/C22H23Cl2NO/c1-4-17-18-13-19(23)20(24)14-22(18)26-21(17)12-9-15-7-10-16(11-8-15)25(5-2)6-3/h7-14H,4-6H2,1-3H3. The molecule has 0 aliphatic heterocycles. The SMILES string of the molecule is CCc1c(C=Cc2ccc(N(CC)CC)cc2)oc2cc(Cl)c(Cl)cc12. The van der Waals surface area contributed by atoms with E-state index in [4.69, 9.17) is 27.6 Å². The quantitative estimate of drug-likeness (QED) is 0.440. The second-order valence-electron chi connectivity index (χ2n) is 6.16. The van der Waals surface area contributed by atoms with Gasteiger partial charge in [0, 0.05) is 35.8 Å². The van der Waals surface area contributed by atoms with Crippen LogP contribution < -0.4 is 4.90 Å². The zero-order valence-corrected chi connectivity index (χ0v) is 16.9. The first-order chi connectivity index (χ1) is 12.6. The van der Waals surface area contributed by atoms with Crippen molar-refractivity contribution in [2.24, 2.45) is 0 Å². The Morgan fingerprint density at radius 3 is 2.19 bits per heavy atom. The molecule has 4 heteroatoms. The van der Waals surface area contributed by atoms with Gasteiger partial charge in [0.2, 0.25) is 0 Å². The van der Waals surface area contributed by atoms with Gasteiger partial charge in [0.05, 0.1) is 10.0 Å². The molecule has 0 atom stereocenters. The molecule has 2 aromatic carbocycles. The van der Waals surface area contributed by atoms with E-state index in [-0.39, 0.29) is 0 Å². The number of fused-ring (bicyclic) bond motifs is 1. The highest BCUT2D eigenvalue weighted by Crippen LogP contribution is 2.34. The second-order valence-corrected chi connectivity index (χ2v) is 6.97. The van der Waals surface area contributed by atoms with Crippen molar-refractivity contribution in [2.75, 3.05) is 18.0 Å². The average Bonchev–Trinajstić information content (AvgIpc) is 2.98. The van der Waals surface area contributed by atoms with Crippen molar-refractivity contribution < 1.29 is 4.42 Å². The lowest BCUT2D eigenvalue weighted by molar-refractivity contribution is 0.599. The van der Waals surface area contributed by atoms with Crippen LogP contribution >= 0.6 is 23.2 Å². The Bertz CT molecular complexity index is 921. The molecule has 0 amide bonds. The molecule has 1 heterocycles. The van der Waals surface area contributed by atoms with E-state index in [0.29, 0.717) is 10.0 Å². The Balaban J connectivity index is 1.90. The molecule has 3 rings (SSSR count). The summed E-state index contributed by atoms with van der Waals surface area (Å²) in [5.41, 5.74) is 4.30. The second kappa shape index (κ2) is 8.20. The van der Waals surface area contributed by atoms with Gasteiger partial charge in [0.25, 0.3) is 0 Å². The number of anilines is 1. The monoisotopic (exact) mass is 387 g/mol. The molecule has 0 fully saturated rings. The fourth-order valence-corrected chi connectivity index (χ4v) is 3.54. The molecular formula is C22H23Cl2NO. The van der Waals surface area contributed by atoms with E-state index in [1.807, 2.05) is 12.1 Å². The zero-order chi connectivity index (χ0) is 18.7. The van der Waals surface area contributed by atoms with Gasteiger partial charge in [-0.2, -0.15) is 0 Å². The lowest BCUT2D eigenvalue weighted by Gasteiger charge is -2.20. The normalized spacial score (nSPS) is 11.6. The number of furan rings is 1. The topological polar surface area (TPSA) is 16.4 Å². The summed E-state index contributed by atoms with van der Waals surface area (Å²) in [5.74, 6) is 0.855. The highest BCUT2D eigenvalue weighted by molar-refractivity contribution is 6.42. The summed E-state index contributed by atoms with van der Waals surface area (Å²) in [6.45, 7) is 8.47. The zero-order valence-electron chi connectivity index (χ0n) is 15.4. The summed E-state index contributed by atoms with van der Waals surface area (Å²) in [4.78, 5) is 2.33. The predicted octanol–water partition coefficient (Wildman–Crippen LogP) is 7.32. The lowest BCUT2D eigenvalue weighted by Crippen LogP contribution is -2.21. The van der Waals surface area contributed by atoms with Crippen LogP contribution in [0.4, 0.5) is 5.69 Å². The minimum absolute atomic E-state index is 0.512. The van der Waals surface area contributed by atoms with E-state index in [2.05, 4.69) is 56.0 Å². The van der Waals surface area contributed by atoms with Crippen LogP contribution in [-0.2, 0) is 6.42 Å². The minimum atomic E-state index is 0.512. The summed E-state index contributed by atoms with van der Waals surface area (Å²) in [7, 11) is 0. The molecule has 0 bridgehead atoms. The number of nitrogens with zero attached hydrogens (tertiary/aromatic N) is 1. The Kier molecular flexibility index (Phi) is 5.95. The van der Waals surface area contributed by atoms with Crippen LogP contribution in [0.5, 0.6) is 0 Å². The van der Waals surface area contributed by atoms with Gasteiger partial charge in [0.1, 0.15) is 11.3 Å². The molecular weight excluding hydrogens is 365 g/mol. The van der Waals surface area contributed by atoms with Gasteiger partial charge in [-0.15, -0.1) is 0 Å². The fraction of sp³-hybridized carbons (Fsp3) is 0.273. The molecule has 0 N–H and O–H groups in total.